The summed E-state index contributed by atoms with van der Waals surface area (Å²) in [5.41, 5.74) is -0.139. The maximum atomic E-state index is 11.7. The number of thioether (sulfide) groups is 1. The minimum absolute atomic E-state index is 0.172. The molecule has 0 radical (unpaired) electrons. The molecule has 1 atom stereocenters. The van der Waals surface area contributed by atoms with Crippen LogP contribution in [0.4, 0.5) is 5.82 Å². The van der Waals surface area contributed by atoms with Gasteiger partial charge in [0.15, 0.2) is 0 Å². The molecule has 2 rings (SSSR count). The zero-order valence-corrected chi connectivity index (χ0v) is 12.1. The SMILES string of the molecule is C=CCNC(=O)c1ccc(NCC2(O)CCSC2)nc1. The van der Waals surface area contributed by atoms with Crippen LogP contribution in [0.1, 0.15) is 16.8 Å². The highest BCUT2D eigenvalue weighted by Crippen LogP contribution is 2.27. The Morgan fingerprint density at radius 1 is 1.60 bits per heavy atom. The first-order chi connectivity index (χ1) is 9.63. The number of aromatic nitrogens is 1. The van der Waals surface area contributed by atoms with Crippen LogP contribution in [-0.2, 0) is 0 Å². The minimum Gasteiger partial charge on any atom is -0.387 e. The van der Waals surface area contributed by atoms with E-state index in [0.717, 1.165) is 17.9 Å². The number of rotatable bonds is 6. The van der Waals surface area contributed by atoms with Gasteiger partial charge in [0, 0.05) is 25.0 Å². The highest BCUT2D eigenvalue weighted by Gasteiger charge is 2.31. The summed E-state index contributed by atoms with van der Waals surface area (Å²) in [5, 5.41) is 16.0. The highest BCUT2D eigenvalue weighted by molar-refractivity contribution is 7.99. The normalized spacial score (nSPS) is 21.4. The van der Waals surface area contributed by atoms with E-state index in [2.05, 4.69) is 22.2 Å². The summed E-state index contributed by atoms with van der Waals surface area (Å²) in [5.74, 6) is 2.24. The summed E-state index contributed by atoms with van der Waals surface area (Å²) in [4.78, 5) is 15.9. The fourth-order valence-corrected chi connectivity index (χ4v) is 3.19. The van der Waals surface area contributed by atoms with Gasteiger partial charge in [0.1, 0.15) is 5.82 Å². The quantitative estimate of drug-likeness (QED) is 0.689. The van der Waals surface area contributed by atoms with Gasteiger partial charge >= 0.3 is 0 Å². The number of hydrogen-bond acceptors (Lipinski definition) is 5. The predicted molar refractivity (Wildman–Crippen MR) is 82.1 cm³/mol. The molecule has 1 aromatic heterocycles. The predicted octanol–water partition coefficient (Wildman–Crippen LogP) is 1.28. The largest absolute Gasteiger partial charge is 0.387 e. The van der Waals surface area contributed by atoms with Crippen LogP contribution in [0.5, 0.6) is 0 Å². The van der Waals surface area contributed by atoms with Crippen molar-refractivity contribution < 1.29 is 9.90 Å². The molecule has 0 aromatic carbocycles. The number of nitrogens with zero attached hydrogens (tertiary/aromatic N) is 1. The smallest absolute Gasteiger partial charge is 0.253 e. The van der Waals surface area contributed by atoms with Crippen LogP contribution in [-0.4, -0.2) is 46.2 Å². The third-order valence-electron chi connectivity index (χ3n) is 3.11. The Hall–Kier alpha value is -1.53. The molecule has 1 aliphatic heterocycles. The molecule has 0 bridgehead atoms. The van der Waals surface area contributed by atoms with Crippen molar-refractivity contribution in [2.75, 3.05) is 29.9 Å². The minimum atomic E-state index is -0.646. The number of aliphatic hydroxyl groups is 1. The number of hydrogen-bond donors (Lipinski definition) is 3. The monoisotopic (exact) mass is 293 g/mol. The second-order valence-corrected chi connectivity index (χ2v) is 5.92. The Morgan fingerprint density at radius 3 is 3.05 bits per heavy atom. The first-order valence-corrected chi connectivity index (χ1v) is 7.68. The van der Waals surface area contributed by atoms with Crippen LogP contribution in [0, 0.1) is 0 Å². The molecule has 2 heterocycles. The Balaban J connectivity index is 1.88. The number of pyridine rings is 1. The molecule has 6 heteroatoms. The average Bonchev–Trinajstić information content (AvgIpc) is 2.90. The summed E-state index contributed by atoms with van der Waals surface area (Å²) in [6, 6.07) is 3.45. The van der Waals surface area contributed by atoms with Crippen molar-refractivity contribution in [1.82, 2.24) is 10.3 Å². The van der Waals surface area contributed by atoms with Crippen LogP contribution in [0.2, 0.25) is 0 Å². The van der Waals surface area contributed by atoms with Crippen LogP contribution in [0.25, 0.3) is 0 Å². The molecule has 108 valence electrons. The van der Waals surface area contributed by atoms with E-state index in [-0.39, 0.29) is 5.91 Å². The molecule has 3 N–H and O–H groups in total. The molecule has 0 spiro atoms. The highest BCUT2D eigenvalue weighted by atomic mass is 32.2. The molecule has 0 saturated carbocycles. The van der Waals surface area contributed by atoms with E-state index in [4.69, 9.17) is 0 Å². The Morgan fingerprint density at radius 2 is 2.45 bits per heavy atom. The summed E-state index contributed by atoms with van der Waals surface area (Å²) in [6.45, 7) is 4.46. The van der Waals surface area contributed by atoms with Crippen molar-refractivity contribution >= 4 is 23.5 Å². The third-order valence-corrected chi connectivity index (χ3v) is 4.35. The van der Waals surface area contributed by atoms with Gasteiger partial charge in [-0.3, -0.25) is 4.79 Å². The van der Waals surface area contributed by atoms with Crippen molar-refractivity contribution in [3.05, 3.63) is 36.5 Å². The van der Waals surface area contributed by atoms with Gasteiger partial charge in [0.05, 0.1) is 11.2 Å². The Kier molecular flexibility index (Phi) is 5.03. The van der Waals surface area contributed by atoms with Crippen molar-refractivity contribution in [1.29, 1.82) is 0 Å². The molecule has 1 saturated heterocycles. The van der Waals surface area contributed by atoms with Gasteiger partial charge in [0.25, 0.3) is 5.91 Å². The van der Waals surface area contributed by atoms with Gasteiger partial charge in [0.2, 0.25) is 0 Å². The number of nitrogens with one attached hydrogen (secondary N) is 2. The lowest BCUT2D eigenvalue weighted by atomic mass is 10.0. The Labute approximate surface area is 122 Å². The topological polar surface area (TPSA) is 74.2 Å². The zero-order chi connectivity index (χ0) is 14.4. The van der Waals surface area contributed by atoms with Crippen molar-refractivity contribution in [3.8, 4) is 0 Å². The van der Waals surface area contributed by atoms with E-state index < -0.39 is 5.60 Å². The van der Waals surface area contributed by atoms with E-state index in [1.807, 2.05) is 0 Å². The summed E-state index contributed by atoms with van der Waals surface area (Å²) >= 11 is 1.76. The molecule has 1 fully saturated rings. The molecular weight excluding hydrogens is 274 g/mol. The van der Waals surface area contributed by atoms with Crippen molar-refractivity contribution in [2.45, 2.75) is 12.0 Å². The summed E-state index contributed by atoms with van der Waals surface area (Å²) < 4.78 is 0. The zero-order valence-electron chi connectivity index (χ0n) is 11.3. The van der Waals surface area contributed by atoms with Crippen LogP contribution < -0.4 is 10.6 Å². The molecule has 0 aliphatic carbocycles. The molecule has 20 heavy (non-hydrogen) atoms. The van der Waals surface area contributed by atoms with E-state index in [1.54, 1.807) is 30.0 Å². The number of carbonyl (C=O) groups excluding carboxylic acids is 1. The van der Waals surface area contributed by atoms with Gasteiger partial charge in [-0.2, -0.15) is 11.8 Å². The van der Waals surface area contributed by atoms with E-state index in [9.17, 15) is 9.90 Å². The lowest BCUT2D eigenvalue weighted by Gasteiger charge is -2.21. The van der Waals surface area contributed by atoms with E-state index in [1.165, 1.54) is 6.20 Å². The lowest BCUT2D eigenvalue weighted by Crippen LogP contribution is -2.36. The fraction of sp³-hybridized carbons (Fsp3) is 0.429. The lowest BCUT2D eigenvalue weighted by molar-refractivity contribution is 0.0819. The number of carbonyl (C=O) groups is 1. The third kappa shape index (κ3) is 3.98. The Bertz CT molecular complexity index is 470. The van der Waals surface area contributed by atoms with Crippen LogP contribution in [0.3, 0.4) is 0 Å². The van der Waals surface area contributed by atoms with Crippen molar-refractivity contribution in [3.63, 3.8) is 0 Å². The maximum absolute atomic E-state index is 11.7. The number of anilines is 1. The summed E-state index contributed by atoms with van der Waals surface area (Å²) in [6.07, 6.45) is 3.95. The van der Waals surface area contributed by atoms with Gasteiger partial charge in [-0.25, -0.2) is 4.98 Å². The maximum Gasteiger partial charge on any atom is 0.253 e. The standard InChI is InChI=1S/C14H19N3O2S/c1-2-6-15-13(18)11-3-4-12(16-8-11)17-9-14(19)5-7-20-10-14/h2-4,8,19H,1,5-7,9-10H2,(H,15,18)(H,16,17). The molecular formula is C14H19N3O2S. The molecule has 5 nitrogen and oxygen atoms in total. The fourth-order valence-electron chi connectivity index (χ4n) is 1.89. The van der Waals surface area contributed by atoms with Gasteiger partial charge in [-0.05, 0) is 24.3 Å². The van der Waals surface area contributed by atoms with Crippen molar-refractivity contribution in [2.24, 2.45) is 0 Å². The first kappa shape index (κ1) is 14.9. The van der Waals surface area contributed by atoms with E-state index >= 15 is 0 Å². The van der Waals surface area contributed by atoms with E-state index in [0.29, 0.717) is 24.5 Å². The second kappa shape index (κ2) is 6.76. The molecule has 1 amide bonds. The number of amides is 1. The van der Waals surface area contributed by atoms with Crippen LogP contribution >= 0.6 is 11.8 Å². The summed E-state index contributed by atoms with van der Waals surface area (Å²) in [7, 11) is 0. The van der Waals surface area contributed by atoms with Gasteiger partial charge in [-0.1, -0.05) is 6.08 Å². The van der Waals surface area contributed by atoms with Gasteiger partial charge in [-0.15, -0.1) is 6.58 Å². The van der Waals surface area contributed by atoms with Gasteiger partial charge < -0.3 is 15.7 Å². The molecule has 1 unspecified atom stereocenters. The molecule has 1 aromatic rings. The van der Waals surface area contributed by atoms with Crippen LogP contribution in [0.15, 0.2) is 31.0 Å². The molecule has 1 aliphatic rings. The first-order valence-electron chi connectivity index (χ1n) is 6.52. The second-order valence-electron chi connectivity index (χ2n) is 4.81. The average molecular weight is 293 g/mol.